The highest BCUT2D eigenvalue weighted by molar-refractivity contribution is 7.14. The van der Waals surface area contributed by atoms with Crippen LogP contribution in [0.5, 0.6) is 0 Å². The number of nitrogens with one attached hydrogen (secondary N) is 2. The lowest BCUT2D eigenvalue weighted by Gasteiger charge is -2.09. The van der Waals surface area contributed by atoms with Crippen molar-refractivity contribution in [3.8, 4) is 0 Å². The van der Waals surface area contributed by atoms with Crippen molar-refractivity contribution in [1.29, 1.82) is 0 Å². The van der Waals surface area contributed by atoms with Crippen LogP contribution in [0.25, 0.3) is 0 Å². The van der Waals surface area contributed by atoms with E-state index in [-0.39, 0.29) is 6.04 Å². The van der Waals surface area contributed by atoms with Crippen molar-refractivity contribution in [3.05, 3.63) is 28.5 Å². The summed E-state index contributed by atoms with van der Waals surface area (Å²) in [5, 5.41) is 13.0. The number of anilines is 1. The Labute approximate surface area is 90.3 Å². The fraction of sp³-hybridized carbons (Fsp3) is 0.250. The molecule has 0 aliphatic heterocycles. The van der Waals surface area contributed by atoms with Gasteiger partial charge in [0.15, 0.2) is 5.13 Å². The summed E-state index contributed by atoms with van der Waals surface area (Å²) in [5.74, 6) is 0. The molecule has 0 saturated carbocycles. The normalized spacial score (nSPS) is 12.7. The summed E-state index contributed by atoms with van der Waals surface area (Å²) in [4.78, 5) is 4.10. The second kappa shape index (κ2) is 3.98. The third-order valence-corrected chi connectivity index (χ3v) is 2.93. The SMILES string of the molecule is CC(Nc1nc(Cl)cs1)c1cn[nH]c1. The molecule has 2 aromatic heterocycles. The van der Waals surface area contributed by atoms with Gasteiger partial charge in [0.25, 0.3) is 0 Å². The van der Waals surface area contributed by atoms with E-state index >= 15 is 0 Å². The monoisotopic (exact) mass is 228 g/mol. The van der Waals surface area contributed by atoms with Crippen LogP contribution in [0.15, 0.2) is 17.8 Å². The number of nitrogens with zero attached hydrogens (tertiary/aromatic N) is 2. The van der Waals surface area contributed by atoms with E-state index in [1.54, 1.807) is 11.6 Å². The summed E-state index contributed by atoms with van der Waals surface area (Å²) in [6, 6.07) is 0.177. The van der Waals surface area contributed by atoms with Crippen LogP contribution in [0.3, 0.4) is 0 Å². The van der Waals surface area contributed by atoms with E-state index in [0.717, 1.165) is 10.7 Å². The largest absolute Gasteiger partial charge is 0.355 e. The molecule has 6 heteroatoms. The van der Waals surface area contributed by atoms with Crippen molar-refractivity contribution < 1.29 is 0 Å². The molecular formula is C8H9ClN4S. The minimum Gasteiger partial charge on any atom is -0.355 e. The molecule has 0 aliphatic carbocycles. The van der Waals surface area contributed by atoms with Gasteiger partial charge in [-0.05, 0) is 6.92 Å². The van der Waals surface area contributed by atoms with E-state index in [0.29, 0.717) is 5.15 Å². The van der Waals surface area contributed by atoms with Crippen molar-refractivity contribution >= 4 is 28.1 Å². The third kappa shape index (κ3) is 2.05. The lowest BCUT2D eigenvalue weighted by molar-refractivity contribution is 0.883. The first-order valence-electron chi connectivity index (χ1n) is 4.12. The maximum absolute atomic E-state index is 5.71. The van der Waals surface area contributed by atoms with Gasteiger partial charge in [-0.15, -0.1) is 11.3 Å². The van der Waals surface area contributed by atoms with E-state index in [2.05, 4.69) is 20.5 Å². The highest BCUT2D eigenvalue weighted by Gasteiger charge is 2.08. The Morgan fingerprint density at radius 1 is 1.64 bits per heavy atom. The number of hydrogen-bond donors (Lipinski definition) is 2. The Hall–Kier alpha value is -1.07. The quantitative estimate of drug-likeness (QED) is 0.849. The van der Waals surface area contributed by atoms with Crippen LogP contribution in [0.1, 0.15) is 18.5 Å². The zero-order chi connectivity index (χ0) is 9.97. The molecule has 0 spiro atoms. The van der Waals surface area contributed by atoms with E-state index in [9.17, 15) is 0 Å². The summed E-state index contributed by atoms with van der Waals surface area (Å²) >= 11 is 7.20. The molecule has 0 saturated heterocycles. The van der Waals surface area contributed by atoms with Crippen molar-refractivity contribution in [2.24, 2.45) is 0 Å². The summed E-state index contributed by atoms with van der Waals surface area (Å²) < 4.78 is 0. The second-order valence-corrected chi connectivity index (χ2v) is 4.12. The maximum Gasteiger partial charge on any atom is 0.184 e. The van der Waals surface area contributed by atoms with Crippen LogP contribution in [-0.4, -0.2) is 15.2 Å². The Morgan fingerprint density at radius 2 is 2.50 bits per heavy atom. The van der Waals surface area contributed by atoms with Gasteiger partial charge in [-0.1, -0.05) is 11.6 Å². The molecule has 0 aliphatic rings. The zero-order valence-electron chi connectivity index (χ0n) is 7.49. The Kier molecular flexibility index (Phi) is 2.69. The first-order chi connectivity index (χ1) is 6.75. The van der Waals surface area contributed by atoms with Gasteiger partial charge in [-0.25, -0.2) is 4.98 Å². The van der Waals surface area contributed by atoms with E-state index < -0.39 is 0 Å². The highest BCUT2D eigenvalue weighted by atomic mass is 35.5. The predicted octanol–water partition coefficient (Wildman–Crippen LogP) is 2.69. The van der Waals surface area contributed by atoms with E-state index in [1.165, 1.54) is 11.3 Å². The minimum absolute atomic E-state index is 0.177. The summed E-state index contributed by atoms with van der Waals surface area (Å²) in [7, 11) is 0. The first-order valence-corrected chi connectivity index (χ1v) is 5.37. The molecule has 0 bridgehead atoms. The highest BCUT2D eigenvalue weighted by Crippen LogP contribution is 2.23. The van der Waals surface area contributed by atoms with Gasteiger partial charge in [0.1, 0.15) is 5.15 Å². The topological polar surface area (TPSA) is 53.6 Å². The summed E-state index contributed by atoms with van der Waals surface area (Å²) in [5.41, 5.74) is 1.09. The third-order valence-electron chi connectivity index (χ3n) is 1.84. The van der Waals surface area contributed by atoms with E-state index in [4.69, 9.17) is 11.6 Å². The van der Waals surface area contributed by atoms with Crippen LogP contribution in [0.2, 0.25) is 5.15 Å². The Morgan fingerprint density at radius 3 is 3.07 bits per heavy atom. The van der Waals surface area contributed by atoms with Gasteiger partial charge in [-0.2, -0.15) is 5.10 Å². The maximum atomic E-state index is 5.71. The molecule has 0 amide bonds. The van der Waals surface area contributed by atoms with Crippen molar-refractivity contribution in [2.75, 3.05) is 5.32 Å². The van der Waals surface area contributed by atoms with Gasteiger partial charge < -0.3 is 5.32 Å². The van der Waals surface area contributed by atoms with Crippen molar-refractivity contribution in [2.45, 2.75) is 13.0 Å². The average Bonchev–Trinajstić information content (AvgIpc) is 2.75. The number of halogens is 1. The molecule has 2 aromatic rings. The van der Waals surface area contributed by atoms with Crippen molar-refractivity contribution in [1.82, 2.24) is 15.2 Å². The molecule has 74 valence electrons. The fourth-order valence-corrected chi connectivity index (χ4v) is 2.01. The molecule has 1 unspecified atom stereocenters. The van der Waals surface area contributed by atoms with Gasteiger partial charge >= 0.3 is 0 Å². The molecule has 2 heterocycles. The Balaban J connectivity index is 2.05. The second-order valence-electron chi connectivity index (χ2n) is 2.87. The molecule has 0 fully saturated rings. The predicted molar refractivity (Wildman–Crippen MR) is 57.7 cm³/mol. The van der Waals surface area contributed by atoms with Crippen LogP contribution < -0.4 is 5.32 Å². The molecule has 14 heavy (non-hydrogen) atoms. The first kappa shape index (κ1) is 9.48. The lowest BCUT2D eigenvalue weighted by atomic mass is 10.2. The lowest BCUT2D eigenvalue weighted by Crippen LogP contribution is -2.04. The number of hydrogen-bond acceptors (Lipinski definition) is 4. The molecular weight excluding hydrogens is 220 g/mol. The van der Waals surface area contributed by atoms with E-state index in [1.807, 2.05) is 13.1 Å². The number of aromatic nitrogens is 3. The molecule has 1 atom stereocenters. The van der Waals surface area contributed by atoms with Gasteiger partial charge in [0.2, 0.25) is 0 Å². The van der Waals surface area contributed by atoms with Crippen LogP contribution >= 0.6 is 22.9 Å². The number of H-pyrrole nitrogens is 1. The van der Waals surface area contributed by atoms with Gasteiger partial charge in [0.05, 0.1) is 12.2 Å². The molecule has 0 radical (unpaired) electrons. The summed E-state index contributed by atoms with van der Waals surface area (Å²) in [6.07, 6.45) is 3.64. The van der Waals surface area contributed by atoms with Crippen molar-refractivity contribution in [3.63, 3.8) is 0 Å². The fourth-order valence-electron chi connectivity index (χ4n) is 1.09. The van der Waals surface area contributed by atoms with Crippen LogP contribution in [-0.2, 0) is 0 Å². The Bertz CT molecular complexity index is 397. The molecule has 2 N–H and O–H groups in total. The molecule has 0 aromatic carbocycles. The number of thiazole rings is 1. The summed E-state index contributed by atoms with van der Waals surface area (Å²) in [6.45, 7) is 2.04. The minimum atomic E-state index is 0.177. The zero-order valence-corrected chi connectivity index (χ0v) is 9.06. The number of aromatic amines is 1. The number of rotatable bonds is 3. The van der Waals surface area contributed by atoms with Gasteiger partial charge in [-0.3, -0.25) is 5.10 Å². The standard InChI is InChI=1S/C8H9ClN4S/c1-5(6-2-10-11-3-6)12-8-13-7(9)4-14-8/h2-5H,1H3,(H,10,11)(H,12,13). The van der Waals surface area contributed by atoms with Gasteiger partial charge in [0, 0.05) is 17.1 Å². The average molecular weight is 229 g/mol. The molecule has 4 nitrogen and oxygen atoms in total. The smallest absolute Gasteiger partial charge is 0.184 e. The van der Waals surface area contributed by atoms with Crippen LogP contribution in [0.4, 0.5) is 5.13 Å². The molecule has 2 rings (SSSR count). The van der Waals surface area contributed by atoms with Crippen LogP contribution in [0, 0.1) is 0 Å².